The number of carbonyl (C=O) groups excluding carboxylic acids is 1. The summed E-state index contributed by atoms with van der Waals surface area (Å²) in [6.45, 7) is 0. The molecule has 0 saturated heterocycles. The van der Waals surface area contributed by atoms with Crippen LogP contribution in [0.1, 0.15) is 5.56 Å². The first kappa shape index (κ1) is 12.3. The van der Waals surface area contributed by atoms with Gasteiger partial charge in [0, 0.05) is 5.69 Å². The summed E-state index contributed by atoms with van der Waals surface area (Å²) in [5.41, 5.74) is 7.11. The highest BCUT2D eigenvalue weighted by molar-refractivity contribution is 6.29. The second-order valence-electron chi connectivity index (χ2n) is 3.71. The lowest BCUT2D eigenvalue weighted by molar-refractivity contribution is -0.115. The molecule has 0 atom stereocenters. The predicted octanol–water partition coefficient (Wildman–Crippen LogP) is 1.89. The molecule has 0 radical (unpaired) electrons. The van der Waals surface area contributed by atoms with Crippen molar-refractivity contribution in [1.29, 1.82) is 0 Å². The van der Waals surface area contributed by atoms with Gasteiger partial charge < -0.3 is 11.1 Å². The Morgan fingerprint density at radius 3 is 2.78 bits per heavy atom. The topological polar surface area (TPSA) is 80.9 Å². The Bertz CT molecular complexity index is 556. The number of hydrogen-bond acceptors (Lipinski definition) is 4. The third-order valence-corrected chi connectivity index (χ3v) is 2.42. The van der Waals surface area contributed by atoms with Crippen LogP contribution in [0.2, 0.25) is 5.15 Å². The minimum Gasteiger partial charge on any atom is -0.399 e. The quantitative estimate of drug-likeness (QED) is 0.828. The zero-order valence-corrected chi connectivity index (χ0v) is 10.2. The number of aromatic nitrogens is 2. The number of nitrogens with two attached hydrogens (primary N) is 1. The highest BCUT2D eigenvalue weighted by atomic mass is 35.5. The van der Waals surface area contributed by atoms with Gasteiger partial charge in [0.2, 0.25) is 5.91 Å². The van der Waals surface area contributed by atoms with Crippen molar-refractivity contribution < 1.29 is 4.79 Å². The van der Waals surface area contributed by atoms with Gasteiger partial charge in [-0.1, -0.05) is 23.7 Å². The Morgan fingerprint density at radius 1 is 1.28 bits per heavy atom. The number of nitrogen functional groups attached to an aromatic ring is 1. The van der Waals surface area contributed by atoms with E-state index in [2.05, 4.69) is 15.5 Å². The third-order valence-electron chi connectivity index (χ3n) is 2.22. The van der Waals surface area contributed by atoms with Crippen molar-refractivity contribution in [2.75, 3.05) is 11.1 Å². The summed E-state index contributed by atoms with van der Waals surface area (Å²) in [6.07, 6.45) is 0.231. The minimum atomic E-state index is -0.183. The van der Waals surface area contributed by atoms with E-state index in [4.69, 9.17) is 17.3 Å². The maximum Gasteiger partial charge on any atom is 0.229 e. The molecule has 0 spiro atoms. The van der Waals surface area contributed by atoms with Gasteiger partial charge in [-0.3, -0.25) is 4.79 Å². The first-order valence-corrected chi connectivity index (χ1v) is 5.65. The highest BCUT2D eigenvalue weighted by Gasteiger charge is 2.05. The van der Waals surface area contributed by atoms with E-state index in [0.717, 1.165) is 5.56 Å². The lowest BCUT2D eigenvalue weighted by Crippen LogP contribution is -2.15. The summed E-state index contributed by atoms with van der Waals surface area (Å²) >= 11 is 5.60. The van der Waals surface area contributed by atoms with Crippen LogP contribution in [-0.2, 0) is 11.2 Å². The third kappa shape index (κ3) is 3.43. The average Bonchev–Trinajstić information content (AvgIpc) is 2.32. The van der Waals surface area contributed by atoms with Gasteiger partial charge in [0.1, 0.15) is 0 Å². The molecule has 0 aliphatic rings. The first-order chi connectivity index (χ1) is 8.63. The van der Waals surface area contributed by atoms with E-state index in [1.807, 2.05) is 6.07 Å². The molecule has 92 valence electrons. The van der Waals surface area contributed by atoms with Gasteiger partial charge in [0.25, 0.3) is 0 Å². The maximum absolute atomic E-state index is 11.7. The molecule has 5 nitrogen and oxygen atoms in total. The maximum atomic E-state index is 11.7. The fourth-order valence-electron chi connectivity index (χ4n) is 1.46. The van der Waals surface area contributed by atoms with Crippen LogP contribution in [0.25, 0.3) is 0 Å². The Hall–Kier alpha value is -2.14. The SMILES string of the molecule is Nc1cccc(CC(=O)Nc2ccc(Cl)nn2)c1. The van der Waals surface area contributed by atoms with Crippen LogP contribution in [0, 0.1) is 0 Å². The number of hydrogen-bond donors (Lipinski definition) is 2. The molecule has 1 aromatic carbocycles. The molecule has 2 rings (SSSR count). The Balaban J connectivity index is 1.98. The summed E-state index contributed by atoms with van der Waals surface area (Å²) in [5.74, 6) is 0.186. The molecule has 18 heavy (non-hydrogen) atoms. The van der Waals surface area contributed by atoms with E-state index in [-0.39, 0.29) is 17.5 Å². The molecule has 1 amide bonds. The molecule has 0 bridgehead atoms. The second-order valence-corrected chi connectivity index (χ2v) is 4.10. The number of benzene rings is 1. The van der Waals surface area contributed by atoms with Crippen molar-refractivity contribution in [3.63, 3.8) is 0 Å². The molecule has 3 N–H and O–H groups in total. The summed E-state index contributed by atoms with van der Waals surface area (Å²) in [4.78, 5) is 11.7. The van der Waals surface area contributed by atoms with Crippen LogP contribution in [0.5, 0.6) is 0 Å². The zero-order valence-electron chi connectivity index (χ0n) is 9.43. The van der Waals surface area contributed by atoms with Gasteiger partial charge in [-0.25, -0.2) is 0 Å². The summed E-state index contributed by atoms with van der Waals surface area (Å²) in [5, 5.41) is 10.3. The molecular formula is C12H11ClN4O. The van der Waals surface area contributed by atoms with Gasteiger partial charge in [-0.05, 0) is 29.8 Å². The standard InChI is InChI=1S/C12H11ClN4O/c13-10-4-5-11(17-16-10)15-12(18)7-8-2-1-3-9(14)6-8/h1-6H,7,14H2,(H,15,17,18). The van der Waals surface area contributed by atoms with Gasteiger partial charge in [-0.2, -0.15) is 0 Å². The molecule has 1 aromatic heterocycles. The van der Waals surface area contributed by atoms with Crippen molar-refractivity contribution in [2.24, 2.45) is 0 Å². The van der Waals surface area contributed by atoms with Crippen LogP contribution in [0.15, 0.2) is 36.4 Å². The van der Waals surface area contributed by atoms with E-state index in [9.17, 15) is 4.79 Å². The summed E-state index contributed by atoms with van der Waals surface area (Å²) < 4.78 is 0. The number of amides is 1. The van der Waals surface area contributed by atoms with Crippen molar-refractivity contribution in [2.45, 2.75) is 6.42 Å². The molecule has 0 saturated carbocycles. The van der Waals surface area contributed by atoms with Gasteiger partial charge in [-0.15, -0.1) is 10.2 Å². The molecule has 0 fully saturated rings. The Morgan fingerprint density at radius 2 is 2.11 bits per heavy atom. The monoisotopic (exact) mass is 262 g/mol. The lowest BCUT2D eigenvalue weighted by atomic mass is 10.1. The van der Waals surface area contributed by atoms with Crippen LogP contribution >= 0.6 is 11.6 Å². The zero-order chi connectivity index (χ0) is 13.0. The number of nitrogens with one attached hydrogen (secondary N) is 1. The van der Waals surface area contributed by atoms with Crippen molar-refractivity contribution in [3.05, 3.63) is 47.1 Å². The summed E-state index contributed by atoms with van der Waals surface area (Å²) in [7, 11) is 0. The molecule has 1 heterocycles. The van der Waals surface area contributed by atoms with Gasteiger partial charge in [0.15, 0.2) is 11.0 Å². The van der Waals surface area contributed by atoms with Crippen LogP contribution < -0.4 is 11.1 Å². The number of carbonyl (C=O) groups is 1. The minimum absolute atomic E-state index is 0.183. The van der Waals surface area contributed by atoms with E-state index in [1.165, 1.54) is 0 Å². The first-order valence-electron chi connectivity index (χ1n) is 5.27. The van der Waals surface area contributed by atoms with E-state index >= 15 is 0 Å². The average molecular weight is 263 g/mol. The van der Waals surface area contributed by atoms with Crippen LogP contribution in [-0.4, -0.2) is 16.1 Å². The predicted molar refractivity (Wildman–Crippen MR) is 70.2 cm³/mol. The van der Waals surface area contributed by atoms with Gasteiger partial charge in [0.05, 0.1) is 6.42 Å². The fourth-order valence-corrected chi connectivity index (χ4v) is 1.56. The second kappa shape index (κ2) is 5.46. The highest BCUT2D eigenvalue weighted by Crippen LogP contribution is 2.09. The Labute approximate surface area is 109 Å². The number of nitrogens with zero attached hydrogens (tertiary/aromatic N) is 2. The van der Waals surface area contributed by atoms with Gasteiger partial charge >= 0.3 is 0 Å². The molecule has 6 heteroatoms. The molecular weight excluding hydrogens is 252 g/mol. The Kier molecular flexibility index (Phi) is 3.74. The normalized spacial score (nSPS) is 10.1. The lowest BCUT2D eigenvalue weighted by Gasteiger charge is -2.04. The van der Waals surface area contributed by atoms with Crippen LogP contribution in [0.3, 0.4) is 0 Å². The largest absolute Gasteiger partial charge is 0.399 e. The van der Waals surface area contributed by atoms with E-state index in [0.29, 0.717) is 11.5 Å². The van der Waals surface area contributed by atoms with Crippen molar-refractivity contribution in [1.82, 2.24) is 10.2 Å². The van der Waals surface area contributed by atoms with Crippen molar-refractivity contribution >= 4 is 29.0 Å². The molecule has 2 aromatic rings. The van der Waals surface area contributed by atoms with Crippen molar-refractivity contribution in [3.8, 4) is 0 Å². The van der Waals surface area contributed by atoms with Crippen LogP contribution in [0.4, 0.5) is 11.5 Å². The molecule has 0 aliphatic carbocycles. The smallest absolute Gasteiger partial charge is 0.229 e. The van der Waals surface area contributed by atoms with E-state index < -0.39 is 0 Å². The number of rotatable bonds is 3. The molecule has 0 unspecified atom stereocenters. The van der Waals surface area contributed by atoms with E-state index in [1.54, 1.807) is 30.3 Å². The number of halogens is 1. The summed E-state index contributed by atoms with van der Waals surface area (Å²) in [6, 6.07) is 10.3. The number of anilines is 2. The molecule has 0 aliphatic heterocycles. The fraction of sp³-hybridized carbons (Fsp3) is 0.0833.